The molecular weight excluding hydrogens is 368 g/mol. The zero-order valence-corrected chi connectivity index (χ0v) is 18.3. The van der Waals surface area contributed by atoms with E-state index in [9.17, 15) is 20.6 Å². The summed E-state index contributed by atoms with van der Waals surface area (Å²) >= 11 is 0. The fraction of sp³-hybridized carbons (Fsp3) is 0.826. The standard InChI is InChI=1S/C23H38N2O4/c1-14(12-26)5-6-19(24-28)15(2)21-20(25-29)11-17-9-16-10-18(27)7-8-22(16,3)13-23(17,21)4/h9,14-15,17-18,21,26-29H,5-8,10-13H2,1-4H3/b24-19+,25-20+. The summed E-state index contributed by atoms with van der Waals surface area (Å²) in [7, 11) is 0. The van der Waals surface area contributed by atoms with Crippen LogP contribution >= 0.6 is 0 Å². The van der Waals surface area contributed by atoms with Gasteiger partial charge in [0.15, 0.2) is 0 Å². The quantitative estimate of drug-likeness (QED) is 0.229. The second-order valence-corrected chi connectivity index (χ2v) is 10.4. The van der Waals surface area contributed by atoms with E-state index in [2.05, 4.69) is 37.2 Å². The largest absolute Gasteiger partial charge is 0.411 e. The van der Waals surface area contributed by atoms with E-state index >= 15 is 0 Å². The molecule has 0 radical (unpaired) electrons. The smallest absolute Gasteiger partial charge is 0.0619 e. The first-order valence-corrected chi connectivity index (χ1v) is 11.1. The molecule has 4 N–H and O–H groups in total. The molecule has 0 aromatic carbocycles. The van der Waals surface area contributed by atoms with Crippen LogP contribution < -0.4 is 0 Å². The first-order chi connectivity index (χ1) is 13.7. The van der Waals surface area contributed by atoms with E-state index in [0.29, 0.717) is 12.8 Å². The zero-order valence-electron chi connectivity index (χ0n) is 18.3. The average molecular weight is 407 g/mol. The summed E-state index contributed by atoms with van der Waals surface area (Å²) in [6.45, 7) is 8.79. The van der Waals surface area contributed by atoms with Crippen molar-refractivity contribution in [2.45, 2.75) is 78.7 Å². The van der Waals surface area contributed by atoms with Crippen LogP contribution in [0.1, 0.15) is 72.6 Å². The lowest BCUT2D eigenvalue weighted by molar-refractivity contribution is 0.0404. The molecule has 2 fully saturated rings. The van der Waals surface area contributed by atoms with Crippen molar-refractivity contribution in [3.8, 4) is 0 Å². The molecule has 3 aliphatic rings. The van der Waals surface area contributed by atoms with Crippen molar-refractivity contribution in [2.75, 3.05) is 6.61 Å². The van der Waals surface area contributed by atoms with E-state index in [0.717, 1.165) is 43.5 Å². The molecule has 164 valence electrons. The van der Waals surface area contributed by atoms with Crippen LogP contribution in [0.5, 0.6) is 0 Å². The van der Waals surface area contributed by atoms with Gasteiger partial charge < -0.3 is 20.6 Å². The van der Waals surface area contributed by atoms with Crippen LogP contribution in [0, 0.1) is 34.5 Å². The Balaban J connectivity index is 1.91. The molecule has 7 unspecified atom stereocenters. The van der Waals surface area contributed by atoms with Crippen molar-refractivity contribution >= 4 is 11.4 Å². The van der Waals surface area contributed by atoms with Crippen LogP contribution in [0.3, 0.4) is 0 Å². The number of oxime groups is 2. The van der Waals surface area contributed by atoms with E-state index in [-0.39, 0.29) is 47.2 Å². The van der Waals surface area contributed by atoms with Gasteiger partial charge >= 0.3 is 0 Å². The van der Waals surface area contributed by atoms with E-state index in [1.54, 1.807) is 0 Å². The summed E-state index contributed by atoms with van der Waals surface area (Å²) in [5.41, 5.74) is 2.85. The number of rotatable bonds is 6. The van der Waals surface area contributed by atoms with Gasteiger partial charge in [0.05, 0.1) is 17.5 Å². The van der Waals surface area contributed by atoms with Gasteiger partial charge in [-0.15, -0.1) is 0 Å². The fourth-order valence-corrected chi connectivity index (χ4v) is 6.50. The Bertz CT molecular complexity index is 703. The summed E-state index contributed by atoms with van der Waals surface area (Å²) in [6.07, 6.45) is 7.75. The third kappa shape index (κ3) is 3.98. The monoisotopic (exact) mass is 406 g/mol. The van der Waals surface area contributed by atoms with Gasteiger partial charge in [0, 0.05) is 18.4 Å². The lowest BCUT2D eigenvalue weighted by Crippen LogP contribution is -2.45. The first kappa shape index (κ1) is 22.3. The molecule has 6 nitrogen and oxygen atoms in total. The Morgan fingerprint density at radius 3 is 2.59 bits per heavy atom. The molecule has 6 heteroatoms. The van der Waals surface area contributed by atoms with Crippen molar-refractivity contribution in [1.82, 2.24) is 0 Å². The molecule has 2 saturated carbocycles. The number of nitrogens with zero attached hydrogens (tertiary/aromatic N) is 2. The fourth-order valence-electron chi connectivity index (χ4n) is 6.50. The van der Waals surface area contributed by atoms with Crippen molar-refractivity contribution in [1.29, 1.82) is 0 Å². The van der Waals surface area contributed by atoms with Crippen LogP contribution in [0.4, 0.5) is 0 Å². The molecule has 0 aliphatic heterocycles. The summed E-state index contributed by atoms with van der Waals surface area (Å²) < 4.78 is 0. The van der Waals surface area contributed by atoms with Crippen molar-refractivity contribution in [2.24, 2.45) is 44.8 Å². The van der Waals surface area contributed by atoms with E-state index in [1.165, 1.54) is 5.57 Å². The number of fused-ring (bicyclic) bond motifs is 2. The first-order valence-electron chi connectivity index (χ1n) is 11.1. The summed E-state index contributed by atoms with van der Waals surface area (Å²) in [5, 5.41) is 46.4. The van der Waals surface area contributed by atoms with Gasteiger partial charge in [0.2, 0.25) is 0 Å². The summed E-state index contributed by atoms with van der Waals surface area (Å²) in [4.78, 5) is 0. The van der Waals surface area contributed by atoms with E-state index in [4.69, 9.17) is 0 Å². The molecule has 0 spiro atoms. The highest BCUT2D eigenvalue weighted by atomic mass is 16.4. The summed E-state index contributed by atoms with van der Waals surface area (Å²) in [5.74, 6) is 0.393. The molecule has 7 atom stereocenters. The molecule has 0 aromatic rings. The topological polar surface area (TPSA) is 106 Å². The molecule has 3 aliphatic carbocycles. The summed E-state index contributed by atoms with van der Waals surface area (Å²) in [6, 6.07) is 0. The number of hydrogen-bond donors (Lipinski definition) is 4. The van der Waals surface area contributed by atoms with Crippen LogP contribution in [0.2, 0.25) is 0 Å². The van der Waals surface area contributed by atoms with Gasteiger partial charge in [-0.1, -0.05) is 49.7 Å². The maximum atomic E-state index is 10.2. The molecule has 0 bridgehead atoms. The van der Waals surface area contributed by atoms with Gasteiger partial charge in [0.1, 0.15) is 0 Å². The average Bonchev–Trinajstić information content (AvgIpc) is 2.97. The van der Waals surface area contributed by atoms with Crippen molar-refractivity contribution in [3.63, 3.8) is 0 Å². The molecule has 29 heavy (non-hydrogen) atoms. The Kier molecular flexibility index (Phi) is 6.44. The van der Waals surface area contributed by atoms with Gasteiger partial charge in [-0.05, 0) is 67.6 Å². The Labute approximate surface area is 174 Å². The number of aliphatic hydroxyl groups excluding tert-OH is 2. The van der Waals surface area contributed by atoms with Crippen LogP contribution in [-0.2, 0) is 0 Å². The third-order valence-electron chi connectivity index (χ3n) is 8.27. The molecule has 3 rings (SSSR count). The Morgan fingerprint density at radius 1 is 1.24 bits per heavy atom. The minimum absolute atomic E-state index is 0.00862. The van der Waals surface area contributed by atoms with E-state index in [1.807, 2.05) is 6.92 Å². The van der Waals surface area contributed by atoms with Crippen LogP contribution in [0.15, 0.2) is 22.0 Å². The normalized spacial score (nSPS) is 40.9. The third-order valence-corrected chi connectivity index (χ3v) is 8.27. The van der Waals surface area contributed by atoms with Crippen LogP contribution in [-0.4, -0.2) is 44.8 Å². The SMILES string of the molecule is CC(CO)CC/C(=N\O)C(C)C1/C(=N/O)CC2C=C3CC(O)CCC3(C)CC21C. The maximum absolute atomic E-state index is 10.2. The molecule has 0 heterocycles. The lowest BCUT2D eigenvalue weighted by atomic mass is 9.53. The number of hydrogen-bond acceptors (Lipinski definition) is 6. The predicted molar refractivity (Wildman–Crippen MR) is 113 cm³/mol. The molecule has 0 saturated heterocycles. The minimum Gasteiger partial charge on any atom is -0.411 e. The highest BCUT2D eigenvalue weighted by Gasteiger charge is 2.58. The molecular formula is C23H38N2O4. The molecule has 0 aromatic heterocycles. The van der Waals surface area contributed by atoms with E-state index < -0.39 is 0 Å². The highest BCUT2D eigenvalue weighted by molar-refractivity contribution is 5.97. The number of aliphatic hydroxyl groups is 2. The van der Waals surface area contributed by atoms with Gasteiger partial charge in [-0.3, -0.25) is 0 Å². The minimum atomic E-state index is -0.248. The second kappa shape index (κ2) is 8.38. The molecule has 0 amide bonds. The maximum Gasteiger partial charge on any atom is 0.0619 e. The van der Waals surface area contributed by atoms with Gasteiger partial charge in [0.25, 0.3) is 0 Å². The highest BCUT2D eigenvalue weighted by Crippen LogP contribution is 2.63. The van der Waals surface area contributed by atoms with Crippen molar-refractivity contribution < 1.29 is 20.6 Å². The Morgan fingerprint density at radius 2 is 1.97 bits per heavy atom. The zero-order chi connectivity index (χ0) is 21.4. The van der Waals surface area contributed by atoms with Gasteiger partial charge in [-0.2, -0.15) is 0 Å². The van der Waals surface area contributed by atoms with Crippen LogP contribution in [0.25, 0.3) is 0 Å². The second-order valence-electron chi connectivity index (χ2n) is 10.4. The lowest BCUT2D eigenvalue weighted by Gasteiger charge is -2.52. The number of allylic oxidation sites excluding steroid dienone is 1. The predicted octanol–water partition coefficient (Wildman–Crippen LogP) is 4.22. The van der Waals surface area contributed by atoms with Gasteiger partial charge in [-0.25, -0.2) is 0 Å². The Hall–Kier alpha value is -1.40. The van der Waals surface area contributed by atoms with Crippen molar-refractivity contribution in [3.05, 3.63) is 11.6 Å².